The molecule has 0 spiro atoms. The van der Waals surface area contributed by atoms with E-state index in [9.17, 15) is 0 Å². The number of hydrogen-bond donors (Lipinski definition) is 0. The molecule has 0 N–H and O–H groups in total. The third-order valence-electron chi connectivity index (χ3n) is 8.35. The molecular formula is C31H46N2. The zero-order valence-corrected chi connectivity index (χ0v) is 22.0. The molecule has 180 valence electrons. The summed E-state index contributed by atoms with van der Waals surface area (Å²) >= 11 is 0. The van der Waals surface area contributed by atoms with Gasteiger partial charge >= 0.3 is 0 Å². The topological polar surface area (TPSA) is 6.48 Å². The predicted octanol–water partition coefficient (Wildman–Crippen LogP) is 6.98. The van der Waals surface area contributed by atoms with Crippen LogP contribution in [0.2, 0.25) is 0 Å². The molecule has 0 aliphatic carbocycles. The van der Waals surface area contributed by atoms with Crippen molar-refractivity contribution in [2.45, 2.75) is 105 Å². The van der Waals surface area contributed by atoms with Gasteiger partial charge in [-0.15, -0.1) is 0 Å². The van der Waals surface area contributed by atoms with E-state index in [1.165, 1.54) is 45.2 Å². The maximum atomic E-state index is 2.73. The lowest BCUT2D eigenvalue weighted by molar-refractivity contribution is 0.174. The van der Waals surface area contributed by atoms with Gasteiger partial charge in [-0.3, -0.25) is 9.80 Å². The minimum absolute atomic E-state index is 0.627. The molecule has 4 rings (SSSR count). The van der Waals surface area contributed by atoms with Crippen LogP contribution in [0.3, 0.4) is 0 Å². The zero-order valence-electron chi connectivity index (χ0n) is 22.0. The highest BCUT2D eigenvalue weighted by molar-refractivity contribution is 5.39. The molecule has 33 heavy (non-hydrogen) atoms. The summed E-state index contributed by atoms with van der Waals surface area (Å²) in [5.41, 5.74) is 9.61. The van der Waals surface area contributed by atoms with Crippen molar-refractivity contribution in [2.75, 3.05) is 13.1 Å². The molecule has 0 saturated carbocycles. The van der Waals surface area contributed by atoms with Crippen LogP contribution in [0.25, 0.3) is 0 Å². The molecule has 2 aliphatic heterocycles. The minimum atomic E-state index is 0.627. The molecule has 0 aromatic heterocycles. The van der Waals surface area contributed by atoms with Gasteiger partial charge in [0.15, 0.2) is 0 Å². The maximum Gasteiger partial charge on any atom is 0.0239 e. The molecule has 0 radical (unpaired) electrons. The summed E-state index contributed by atoms with van der Waals surface area (Å²) in [5.74, 6) is 1.37. The van der Waals surface area contributed by atoms with Gasteiger partial charge in [-0.1, -0.05) is 57.2 Å². The lowest BCUT2D eigenvalue weighted by Gasteiger charge is -2.35. The molecule has 2 heterocycles. The molecular weight excluding hydrogens is 400 g/mol. The van der Waals surface area contributed by atoms with Gasteiger partial charge in [0.25, 0.3) is 0 Å². The molecule has 2 heteroatoms. The maximum absolute atomic E-state index is 2.73. The minimum Gasteiger partial charge on any atom is -0.296 e. The highest BCUT2D eigenvalue weighted by Gasteiger charge is 2.24. The Labute approximate surface area is 203 Å². The third kappa shape index (κ3) is 5.72. The van der Waals surface area contributed by atoms with Crippen molar-refractivity contribution in [1.82, 2.24) is 9.80 Å². The quantitative estimate of drug-likeness (QED) is 0.431. The molecule has 0 amide bonds. The lowest BCUT2D eigenvalue weighted by Crippen LogP contribution is -2.38. The van der Waals surface area contributed by atoms with Gasteiger partial charge in [0, 0.05) is 38.3 Å². The van der Waals surface area contributed by atoms with Gasteiger partial charge in [-0.25, -0.2) is 0 Å². The predicted molar refractivity (Wildman–Crippen MR) is 142 cm³/mol. The van der Waals surface area contributed by atoms with Gasteiger partial charge in [-0.05, 0) is 98.1 Å². The van der Waals surface area contributed by atoms with Crippen LogP contribution in [0.1, 0.15) is 93.7 Å². The van der Waals surface area contributed by atoms with Gasteiger partial charge in [0.05, 0.1) is 0 Å². The van der Waals surface area contributed by atoms with Crippen molar-refractivity contribution in [2.24, 2.45) is 5.92 Å². The Morgan fingerprint density at radius 2 is 1.36 bits per heavy atom. The molecule has 0 saturated heterocycles. The molecule has 2 aliphatic rings. The van der Waals surface area contributed by atoms with Gasteiger partial charge in [0.2, 0.25) is 0 Å². The van der Waals surface area contributed by atoms with Crippen LogP contribution < -0.4 is 0 Å². The summed E-state index contributed by atoms with van der Waals surface area (Å²) in [4.78, 5) is 5.34. The lowest BCUT2D eigenvalue weighted by atomic mass is 9.86. The van der Waals surface area contributed by atoms with E-state index in [4.69, 9.17) is 0 Å². The van der Waals surface area contributed by atoms with Crippen LogP contribution in [-0.4, -0.2) is 35.0 Å². The average molecular weight is 447 g/mol. The summed E-state index contributed by atoms with van der Waals surface area (Å²) in [6.07, 6.45) is 6.29. The van der Waals surface area contributed by atoms with Crippen LogP contribution in [0.5, 0.6) is 0 Å². The first kappa shape index (κ1) is 24.5. The second kappa shape index (κ2) is 10.7. The fraction of sp³-hybridized carbons (Fsp3) is 0.613. The molecule has 2 atom stereocenters. The smallest absolute Gasteiger partial charge is 0.0239 e. The van der Waals surface area contributed by atoms with Crippen molar-refractivity contribution in [3.05, 3.63) is 69.8 Å². The third-order valence-corrected chi connectivity index (χ3v) is 8.35. The second-order valence-corrected chi connectivity index (χ2v) is 11.5. The first-order valence-corrected chi connectivity index (χ1v) is 13.5. The Balaban J connectivity index is 1.32. The zero-order chi connectivity index (χ0) is 23.5. The number of rotatable bonds is 8. The second-order valence-electron chi connectivity index (χ2n) is 11.5. The first-order chi connectivity index (χ1) is 15.8. The fourth-order valence-corrected chi connectivity index (χ4v) is 6.11. The van der Waals surface area contributed by atoms with Crippen molar-refractivity contribution in [3.63, 3.8) is 0 Å². The summed E-state index contributed by atoms with van der Waals surface area (Å²) in [6, 6.07) is 15.3. The Kier molecular flexibility index (Phi) is 7.97. The number of nitrogens with zero attached hydrogens (tertiary/aromatic N) is 2. The molecule has 2 nitrogen and oxygen atoms in total. The summed E-state index contributed by atoms with van der Waals surface area (Å²) in [5, 5.41) is 0. The van der Waals surface area contributed by atoms with Crippen LogP contribution in [0.15, 0.2) is 36.4 Å². The largest absolute Gasteiger partial charge is 0.296 e. The highest BCUT2D eigenvalue weighted by atomic mass is 15.2. The monoisotopic (exact) mass is 446 g/mol. The van der Waals surface area contributed by atoms with Gasteiger partial charge in [-0.2, -0.15) is 0 Å². The van der Waals surface area contributed by atoms with E-state index in [1.807, 2.05) is 0 Å². The van der Waals surface area contributed by atoms with E-state index in [1.54, 1.807) is 33.4 Å². The Bertz CT molecular complexity index is 929. The van der Waals surface area contributed by atoms with E-state index >= 15 is 0 Å². The Morgan fingerprint density at radius 1 is 0.727 bits per heavy atom. The Hall–Kier alpha value is -1.64. The molecule has 2 aromatic rings. The van der Waals surface area contributed by atoms with Crippen LogP contribution in [0.4, 0.5) is 0 Å². The Morgan fingerprint density at radius 3 is 2.09 bits per heavy atom. The van der Waals surface area contributed by atoms with Crippen LogP contribution in [0, 0.1) is 5.92 Å². The SMILES string of the molecule is CC(CCC(C)N1CCc2c(cccc2C(C)C)C1)Cc1cccc2c1CCN(C(C)C)C2. The highest BCUT2D eigenvalue weighted by Crippen LogP contribution is 2.30. The number of fused-ring (bicyclic) bond motifs is 2. The normalized spacial score (nSPS) is 18.9. The summed E-state index contributed by atoms with van der Waals surface area (Å²) in [6.45, 7) is 18.9. The summed E-state index contributed by atoms with van der Waals surface area (Å²) < 4.78 is 0. The van der Waals surface area contributed by atoms with Crippen LogP contribution in [-0.2, 0) is 32.4 Å². The summed E-state index contributed by atoms with van der Waals surface area (Å²) in [7, 11) is 0. The van der Waals surface area contributed by atoms with E-state index in [0.717, 1.165) is 19.0 Å². The van der Waals surface area contributed by atoms with E-state index in [2.05, 4.69) is 87.7 Å². The molecule has 0 fully saturated rings. The van der Waals surface area contributed by atoms with E-state index in [0.29, 0.717) is 18.0 Å². The standard InChI is InChI=1S/C31H46N2/c1-22(2)29-12-8-11-28-21-33(18-16-31(28)29)25(6)14-13-24(5)19-26-9-7-10-27-20-32(23(3)4)17-15-30(26)27/h7-12,22-25H,13-21H2,1-6H3. The molecule has 0 bridgehead atoms. The van der Waals surface area contributed by atoms with E-state index in [-0.39, 0.29) is 0 Å². The fourth-order valence-electron chi connectivity index (χ4n) is 6.11. The number of benzene rings is 2. The molecule has 2 unspecified atom stereocenters. The van der Waals surface area contributed by atoms with E-state index < -0.39 is 0 Å². The van der Waals surface area contributed by atoms with Gasteiger partial charge < -0.3 is 0 Å². The van der Waals surface area contributed by atoms with Crippen molar-refractivity contribution in [1.29, 1.82) is 0 Å². The van der Waals surface area contributed by atoms with Crippen molar-refractivity contribution in [3.8, 4) is 0 Å². The van der Waals surface area contributed by atoms with Crippen molar-refractivity contribution >= 4 is 0 Å². The van der Waals surface area contributed by atoms with Crippen molar-refractivity contribution < 1.29 is 0 Å². The average Bonchev–Trinajstić information content (AvgIpc) is 2.81. The number of hydrogen-bond acceptors (Lipinski definition) is 2. The van der Waals surface area contributed by atoms with Crippen LogP contribution >= 0.6 is 0 Å². The first-order valence-electron chi connectivity index (χ1n) is 13.5. The molecule has 2 aromatic carbocycles. The van der Waals surface area contributed by atoms with Gasteiger partial charge in [0.1, 0.15) is 0 Å².